The van der Waals surface area contributed by atoms with Crippen LogP contribution in [0.2, 0.25) is 0 Å². The Morgan fingerprint density at radius 1 is 1.56 bits per heavy atom. The van der Waals surface area contributed by atoms with E-state index in [4.69, 9.17) is 8.36 Å². The van der Waals surface area contributed by atoms with E-state index >= 15 is 0 Å². The molecule has 0 fully saturated rings. The van der Waals surface area contributed by atoms with Gasteiger partial charge >= 0.3 is 117 Å². The van der Waals surface area contributed by atoms with E-state index in [1.165, 1.54) is 13.2 Å². The van der Waals surface area contributed by atoms with Crippen LogP contribution in [0.1, 0.15) is 5.76 Å². The first kappa shape index (κ1) is 15.4. The standard InChI is InChI=1S/C10H15INO5S/c1-16-10(13)7(6-11-12)5-8-3-4-9(17-8)18(2,14)15/h3-4,7H,5-6,12H2,1-2H3/q-1/t7-/m1/s1. The number of sulfone groups is 1. The predicted octanol–water partition coefficient (Wildman–Crippen LogP) is -3.02. The van der Waals surface area contributed by atoms with Crippen molar-refractivity contribution in [2.45, 2.75) is 11.5 Å². The van der Waals surface area contributed by atoms with Crippen LogP contribution in [0.3, 0.4) is 0 Å². The van der Waals surface area contributed by atoms with Crippen molar-refractivity contribution in [2.24, 2.45) is 9.86 Å². The van der Waals surface area contributed by atoms with Gasteiger partial charge in [-0.3, -0.25) is 0 Å². The van der Waals surface area contributed by atoms with Gasteiger partial charge in [0.2, 0.25) is 0 Å². The van der Waals surface area contributed by atoms with Gasteiger partial charge in [-0.25, -0.2) is 0 Å². The fourth-order valence-corrected chi connectivity index (χ4v) is 3.24. The molecule has 0 aliphatic heterocycles. The SMILES string of the molecule is COC(=O)[C@@H](C[I-]N)Cc1ccc(S(C)(=O)=O)o1. The zero-order chi connectivity index (χ0) is 13.8. The summed E-state index contributed by atoms with van der Waals surface area (Å²) in [6, 6.07) is 2.94. The molecule has 18 heavy (non-hydrogen) atoms. The van der Waals surface area contributed by atoms with Crippen molar-refractivity contribution >= 4 is 15.8 Å². The molecule has 0 spiro atoms. The molecule has 1 atom stereocenters. The van der Waals surface area contributed by atoms with Crippen molar-refractivity contribution in [3.8, 4) is 0 Å². The van der Waals surface area contributed by atoms with Crippen LogP contribution in [0, 0.1) is 5.92 Å². The van der Waals surface area contributed by atoms with Crippen molar-refractivity contribution in [3.63, 3.8) is 0 Å². The Kier molecular flexibility index (Phi) is 5.60. The Balaban J connectivity index is 2.82. The maximum absolute atomic E-state index is 11.5. The van der Waals surface area contributed by atoms with Gasteiger partial charge in [-0.1, -0.05) is 0 Å². The molecule has 1 heterocycles. The van der Waals surface area contributed by atoms with E-state index in [1.807, 2.05) is 0 Å². The number of alkyl halides is 1. The molecule has 0 bridgehead atoms. The molecular formula is C10H15INO5S-. The number of esters is 1. The molecule has 0 aliphatic carbocycles. The molecule has 0 saturated carbocycles. The summed E-state index contributed by atoms with van der Waals surface area (Å²) < 4.78 is 38.5. The molecule has 1 rings (SSSR count). The van der Waals surface area contributed by atoms with Crippen molar-refractivity contribution in [1.82, 2.24) is 0 Å². The first-order valence-electron chi connectivity index (χ1n) is 5.03. The predicted molar refractivity (Wildman–Crippen MR) is 60.1 cm³/mol. The third-order valence-electron chi connectivity index (χ3n) is 2.26. The fourth-order valence-electron chi connectivity index (χ4n) is 1.39. The quantitative estimate of drug-likeness (QED) is 0.241. The van der Waals surface area contributed by atoms with E-state index in [1.54, 1.807) is 6.07 Å². The summed E-state index contributed by atoms with van der Waals surface area (Å²) in [6.07, 6.45) is 1.37. The van der Waals surface area contributed by atoms with Crippen LogP contribution < -0.4 is 25.4 Å². The Bertz CT molecular complexity index is 510. The molecular weight excluding hydrogens is 373 g/mol. The topological polar surface area (TPSA) is 99.6 Å². The number of hydrogen-bond donors (Lipinski definition) is 1. The summed E-state index contributed by atoms with van der Waals surface area (Å²) in [4.78, 5) is 11.5. The third-order valence-corrected chi connectivity index (χ3v) is 4.78. The van der Waals surface area contributed by atoms with Crippen molar-refractivity contribution in [3.05, 3.63) is 17.9 Å². The second-order valence-corrected chi connectivity index (χ2v) is 7.43. The second-order valence-electron chi connectivity index (χ2n) is 3.73. The minimum absolute atomic E-state index is 0.0939. The van der Waals surface area contributed by atoms with Crippen LogP contribution in [0.25, 0.3) is 0 Å². The van der Waals surface area contributed by atoms with Crippen LogP contribution in [-0.4, -0.2) is 32.2 Å². The Labute approximate surface area is 116 Å². The molecule has 104 valence electrons. The van der Waals surface area contributed by atoms with Crippen LogP contribution in [0.5, 0.6) is 0 Å². The van der Waals surface area contributed by atoms with E-state index in [0.717, 1.165) is 6.26 Å². The number of carbonyl (C=O) groups is 1. The monoisotopic (exact) mass is 388 g/mol. The van der Waals surface area contributed by atoms with Gasteiger partial charge < -0.3 is 0 Å². The number of furan rings is 1. The van der Waals surface area contributed by atoms with Gasteiger partial charge in [-0.2, -0.15) is 0 Å². The van der Waals surface area contributed by atoms with Gasteiger partial charge in [0, 0.05) is 0 Å². The molecule has 0 saturated heterocycles. The number of halogens is 1. The maximum atomic E-state index is 11.5. The van der Waals surface area contributed by atoms with Crippen LogP contribution in [0.4, 0.5) is 0 Å². The van der Waals surface area contributed by atoms with Gasteiger partial charge in [0.25, 0.3) is 0 Å². The Hall–Kier alpha value is -0.610. The van der Waals surface area contributed by atoms with Crippen LogP contribution in [0.15, 0.2) is 21.6 Å². The molecule has 1 aromatic rings. The molecule has 0 radical (unpaired) electrons. The van der Waals surface area contributed by atoms with Gasteiger partial charge in [-0.15, -0.1) is 0 Å². The van der Waals surface area contributed by atoms with E-state index in [2.05, 4.69) is 4.74 Å². The Morgan fingerprint density at radius 3 is 2.67 bits per heavy atom. The van der Waals surface area contributed by atoms with E-state index < -0.39 is 31.3 Å². The molecule has 0 aliphatic rings. The molecule has 2 N–H and O–H groups in total. The summed E-state index contributed by atoms with van der Waals surface area (Å²) in [5, 5.41) is -0.0939. The number of rotatable bonds is 6. The van der Waals surface area contributed by atoms with Crippen molar-refractivity contribution in [2.75, 3.05) is 17.8 Å². The molecule has 0 unspecified atom stereocenters. The first-order chi connectivity index (χ1) is 8.38. The van der Waals surface area contributed by atoms with Gasteiger partial charge in [-0.05, 0) is 0 Å². The van der Waals surface area contributed by atoms with Gasteiger partial charge in [0.05, 0.1) is 0 Å². The summed E-state index contributed by atoms with van der Waals surface area (Å²) in [7, 11) is -2.04. The van der Waals surface area contributed by atoms with E-state index in [9.17, 15) is 13.2 Å². The number of carbonyl (C=O) groups excluding carboxylic acids is 1. The summed E-state index contributed by atoms with van der Waals surface area (Å²) >= 11 is -0.548. The summed E-state index contributed by atoms with van der Waals surface area (Å²) in [6.45, 7) is 0. The van der Waals surface area contributed by atoms with Crippen molar-refractivity contribution < 1.29 is 43.8 Å². The average molecular weight is 388 g/mol. The van der Waals surface area contributed by atoms with Crippen molar-refractivity contribution in [1.29, 1.82) is 0 Å². The van der Waals surface area contributed by atoms with Gasteiger partial charge in [0.15, 0.2) is 0 Å². The molecule has 0 amide bonds. The zero-order valence-corrected chi connectivity index (χ0v) is 13.0. The summed E-state index contributed by atoms with van der Waals surface area (Å²) in [5.74, 6) is -0.271. The molecule has 0 aromatic carbocycles. The first-order valence-corrected chi connectivity index (χ1v) is 9.69. The Morgan fingerprint density at radius 2 is 2.22 bits per heavy atom. The average Bonchev–Trinajstić information content (AvgIpc) is 2.75. The second kappa shape index (κ2) is 6.53. The molecule has 8 heteroatoms. The number of hydrogen-bond acceptors (Lipinski definition) is 6. The molecule has 1 aromatic heterocycles. The fraction of sp³-hybridized carbons (Fsp3) is 0.500. The summed E-state index contributed by atoms with van der Waals surface area (Å²) in [5.41, 5.74) is 0. The minimum atomic E-state index is -3.36. The van der Waals surface area contributed by atoms with Gasteiger partial charge in [0.1, 0.15) is 0 Å². The van der Waals surface area contributed by atoms with Crippen LogP contribution in [-0.2, 0) is 25.8 Å². The van der Waals surface area contributed by atoms with Crippen LogP contribution >= 0.6 is 0 Å². The van der Waals surface area contributed by atoms with E-state index in [0.29, 0.717) is 16.6 Å². The zero-order valence-electron chi connectivity index (χ0n) is 10.1. The normalized spacial score (nSPS) is 13.5. The number of methoxy groups -OCH3 is 1. The van der Waals surface area contributed by atoms with E-state index in [-0.39, 0.29) is 17.0 Å². The number of nitrogens with two attached hydrogens (primary N) is 1. The number of ether oxygens (including phenoxy) is 1. The third kappa shape index (κ3) is 4.25. The molecule has 6 nitrogen and oxygen atoms in total.